The molecular formula is C15H21N2NaO5. The van der Waals surface area contributed by atoms with E-state index >= 15 is 0 Å². The van der Waals surface area contributed by atoms with Crippen molar-refractivity contribution in [1.29, 1.82) is 0 Å². The standard InChI is InChI=1S/C15H22N2O5.Na/c1-3-4-6-11(15(20)21)10(2)9-13(18)16-17-14(19)12-7-5-8-22-12;/h5,7-8,10-11H,3-4,6,9H2,1-2H3,(H,16,18)(H,17,19)(H,20,21);/q;+1/p-1. The second kappa shape index (κ2) is 11.3. The van der Waals surface area contributed by atoms with Gasteiger partial charge in [-0.05, 0) is 24.5 Å². The molecule has 2 N–H and O–H groups in total. The zero-order valence-electron chi connectivity index (χ0n) is 13.8. The number of rotatable bonds is 8. The molecule has 2 amide bonds. The van der Waals surface area contributed by atoms with Crippen LogP contribution in [0.3, 0.4) is 0 Å². The summed E-state index contributed by atoms with van der Waals surface area (Å²) in [7, 11) is 0. The first kappa shape index (κ1) is 21.7. The Morgan fingerprint density at radius 1 is 1.30 bits per heavy atom. The summed E-state index contributed by atoms with van der Waals surface area (Å²) in [6.07, 6.45) is 3.45. The van der Waals surface area contributed by atoms with Gasteiger partial charge in [0.25, 0.3) is 0 Å². The van der Waals surface area contributed by atoms with Gasteiger partial charge in [-0.25, -0.2) is 0 Å². The Balaban J connectivity index is 0.00000484. The van der Waals surface area contributed by atoms with E-state index in [-0.39, 0.29) is 47.7 Å². The van der Waals surface area contributed by atoms with Crippen molar-refractivity contribution in [1.82, 2.24) is 10.9 Å². The van der Waals surface area contributed by atoms with Gasteiger partial charge < -0.3 is 14.3 Å². The van der Waals surface area contributed by atoms with Crippen LogP contribution in [0.15, 0.2) is 22.8 Å². The van der Waals surface area contributed by atoms with E-state index in [2.05, 4.69) is 10.9 Å². The third kappa shape index (κ3) is 7.67. The van der Waals surface area contributed by atoms with Gasteiger partial charge in [-0.15, -0.1) is 0 Å². The monoisotopic (exact) mass is 332 g/mol. The summed E-state index contributed by atoms with van der Waals surface area (Å²) in [4.78, 5) is 34.4. The minimum absolute atomic E-state index is 0. The van der Waals surface area contributed by atoms with Gasteiger partial charge in [0, 0.05) is 18.3 Å². The fraction of sp³-hybridized carbons (Fsp3) is 0.533. The SMILES string of the molecule is CCCCC(C(=O)[O-])C(C)CC(=O)NNC(=O)c1ccco1.[Na+]. The van der Waals surface area contributed by atoms with E-state index in [9.17, 15) is 19.5 Å². The maximum atomic E-state index is 11.8. The molecule has 0 fully saturated rings. The minimum Gasteiger partial charge on any atom is -0.550 e. The molecule has 0 aliphatic rings. The quantitative estimate of drug-likeness (QED) is 0.408. The van der Waals surface area contributed by atoms with Crippen LogP contribution >= 0.6 is 0 Å². The minimum atomic E-state index is -1.15. The van der Waals surface area contributed by atoms with Crippen molar-refractivity contribution in [3.05, 3.63) is 24.2 Å². The number of furan rings is 1. The van der Waals surface area contributed by atoms with Crippen molar-refractivity contribution in [2.45, 2.75) is 39.5 Å². The van der Waals surface area contributed by atoms with E-state index in [4.69, 9.17) is 4.42 Å². The molecule has 0 bridgehead atoms. The van der Waals surface area contributed by atoms with Crippen LogP contribution in [-0.2, 0) is 9.59 Å². The predicted molar refractivity (Wildman–Crippen MR) is 76.1 cm³/mol. The van der Waals surface area contributed by atoms with Crippen LogP contribution in [0, 0.1) is 11.8 Å². The number of nitrogens with one attached hydrogen (secondary N) is 2. The topological polar surface area (TPSA) is 111 Å². The summed E-state index contributed by atoms with van der Waals surface area (Å²) in [5, 5.41) is 11.1. The van der Waals surface area contributed by atoms with Crippen molar-refractivity contribution in [2.24, 2.45) is 11.8 Å². The third-order valence-electron chi connectivity index (χ3n) is 3.43. The third-order valence-corrected chi connectivity index (χ3v) is 3.43. The molecule has 23 heavy (non-hydrogen) atoms. The Hall–Kier alpha value is -1.31. The van der Waals surface area contributed by atoms with Gasteiger partial charge in [-0.3, -0.25) is 20.4 Å². The zero-order chi connectivity index (χ0) is 16.5. The number of hydrazine groups is 1. The van der Waals surface area contributed by atoms with Gasteiger partial charge >= 0.3 is 35.5 Å². The summed E-state index contributed by atoms with van der Waals surface area (Å²) in [5.41, 5.74) is 4.45. The first-order valence-corrected chi connectivity index (χ1v) is 7.29. The number of unbranched alkanes of at least 4 members (excludes halogenated alkanes) is 1. The van der Waals surface area contributed by atoms with Crippen LogP contribution in [0.1, 0.15) is 50.1 Å². The van der Waals surface area contributed by atoms with Gasteiger partial charge in [0.2, 0.25) is 5.91 Å². The molecular weight excluding hydrogens is 311 g/mol. The number of carboxylic acid groups (broad SMARTS) is 1. The summed E-state index contributed by atoms with van der Waals surface area (Å²) in [5.74, 6) is -3.16. The first-order chi connectivity index (χ1) is 10.5. The van der Waals surface area contributed by atoms with Crippen LogP contribution in [0.5, 0.6) is 0 Å². The maximum absolute atomic E-state index is 11.8. The molecule has 8 heteroatoms. The van der Waals surface area contributed by atoms with E-state index in [1.54, 1.807) is 13.0 Å². The molecule has 0 radical (unpaired) electrons. The van der Waals surface area contributed by atoms with Gasteiger partial charge in [-0.2, -0.15) is 0 Å². The van der Waals surface area contributed by atoms with Gasteiger partial charge in [0.15, 0.2) is 5.76 Å². The number of hydrogen-bond acceptors (Lipinski definition) is 5. The normalized spacial score (nSPS) is 12.6. The van der Waals surface area contributed by atoms with Crippen molar-refractivity contribution in [2.75, 3.05) is 0 Å². The molecule has 0 saturated heterocycles. The molecule has 1 aromatic heterocycles. The fourth-order valence-corrected chi connectivity index (χ4v) is 2.14. The number of hydrogen-bond donors (Lipinski definition) is 2. The Labute approximate surface area is 157 Å². The Bertz CT molecular complexity index is 504. The molecule has 0 aromatic carbocycles. The largest absolute Gasteiger partial charge is 1.00 e. The molecule has 1 aromatic rings. The molecule has 122 valence electrons. The summed E-state index contributed by atoms with van der Waals surface area (Å²) in [6.45, 7) is 3.65. The summed E-state index contributed by atoms with van der Waals surface area (Å²) < 4.78 is 4.87. The second-order valence-electron chi connectivity index (χ2n) is 5.23. The van der Waals surface area contributed by atoms with E-state index in [0.717, 1.165) is 12.8 Å². The molecule has 1 rings (SSSR count). The molecule has 1 heterocycles. The van der Waals surface area contributed by atoms with Crippen molar-refractivity contribution in [3.8, 4) is 0 Å². The van der Waals surface area contributed by atoms with Crippen LogP contribution in [0.4, 0.5) is 0 Å². The van der Waals surface area contributed by atoms with Gasteiger partial charge in [0.1, 0.15) is 0 Å². The summed E-state index contributed by atoms with van der Waals surface area (Å²) in [6, 6.07) is 3.01. The molecule has 0 aliphatic carbocycles. The van der Waals surface area contributed by atoms with Crippen LogP contribution < -0.4 is 45.5 Å². The van der Waals surface area contributed by atoms with E-state index in [1.165, 1.54) is 12.3 Å². The van der Waals surface area contributed by atoms with Gasteiger partial charge in [-0.1, -0.05) is 26.7 Å². The number of amides is 2. The Morgan fingerprint density at radius 2 is 2.00 bits per heavy atom. The number of carbonyl (C=O) groups is 3. The maximum Gasteiger partial charge on any atom is 1.00 e. The Kier molecular flexibility index (Phi) is 10.6. The van der Waals surface area contributed by atoms with Crippen LogP contribution in [0.2, 0.25) is 0 Å². The Morgan fingerprint density at radius 3 is 2.52 bits per heavy atom. The second-order valence-corrected chi connectivity index (χ2v) is 5.23. The molecule has 2 atom stereocenters. The summed E-state index contributed by atoms with van der Waals surface area (Å²) >= 11 is 0. The molecule has 7 nitrogen and oxygen atoms in total. The predicted octanol–water partition coefficient (Wildman–Crippen LogP) is -2.37. The molecule has 0 aliphatic heterocycles. The number of carbonyl (C=O) groups excluding carboxylic acids is 3. The van der Waals surface area contributed by atoms with Crippen molar-refractivity contribution < 1.29 is 53.5 Å². The van der Waals surface area contributed by atoms with E-state index in [0.29, 0.717) is 6.42 Å². The van der Waals surface area contributed by atoms with E-state index < -0.39 is 23.7 Å². The number of aliphatic carboxylic acids is 1. The van der Waals surface area contributed by atoms with Crippen LogP contribution in [-0.4, -0.2) is 17.8 Å². The average Bonchev–Trinajstić information content (AvgIpc) is 2.99. The average molecular weight is 332 g/mol. The molecule has 2 unspecified atom stereocenters. The number of carboxylic acids is 1. The molecule has 0 spiro atoms. The first-order valence-electron chi connectivity index (χ1n) is 7.29. The zero-order valence-corrected chi connectivity index (χ0v) is 15.8. The van der Waals surface area contributed by atoms with Crippen molar-refractivity contribution in [3.63, 3.8) is 0 Å². The van der Waals surface area contributed by atoms with Crippen LogP contribution in [0.25, 0.3) is 0 Å². The van der Waals surface area contributed by atoms with Gasteiger partial charge in [0.05, 0.1) is 6.26 Å². The molecule has 0 saturated carbocycles. The smallest absolute Gasteiger partial charge is 0.550 e. The van der Waals surface area contributed by atoms with E-state index in [1.807, 2.05) is 6.92 Å². The fourth-order valence-electron chi connectivity index (χ4n) is 2.14. The van der Waals surface area contributed by atoms with Crippen molar-refractivity contribution >= 4 is 17.8 Å².